The molecule has 0 radical (unpaired) electrons. The quantitative estimate of drug-likeness (QED) is 0.727. The minimum atomic E-state index is 0.198. The van der Waals surface area contributed by atoms with Gasteiger partial charge in [0.05, 0.1) is 5.41 Å². The van der Waals surface area contributed by atoms with Gasteiger partial charge in [0.1, 0.15) is 0 Å². The number of hydrogen-bond acceptors (Lipinski definition) is 1. The Morgan fingerprint density at radius 3 is 1.65 bits per heavy atom. The molecule has 92 valence electrons. The molecule has 0 aromatic carbocycles. The van der Waals surface area contributed by atoms with Gasteiger partial charge < -0.3 is 4.90 Å². The van der Waals surface area contributed by atoms with Crippen LogP contribution in [-0.4, -0.2) is 22.9 Å². The summed E-state index contributed by atoms with van der Waals surface area (Å²) in [5.41, 5.74) is 0.198. The molecule has 0 aromatic heterocycles. The van der Waals surface area contributed by atoms with Gasteiger partial charge in [0, 0.05) is 12.1 Å². The van der Waals surface area contributed by atoms with E-state index in [1.54, 1.807) is 0 Å². The van der Waals surface area contributed by atoms with Gasteiger partial charge in [0.2, 0.25) is 5.91 Å². The molecule has 1 amide bonds. The summed E-state index contributed by atoms with van der Waals surface area (Å²) in [5, 5.41) is 0. The second kappa shape index (κ2) is 2.19. The van der Waals surface area contributed by atoms with Gasteiger partial charge in [-0.05, 0) is 69.1 Å². The number of carbonyl (C=O) groups excluding carboxylic acids is 1. The molecule has 0 unspecified atom stereocenters. The van der Waals surface area contributed by atoms with E-state index in [1.165, 1.54) is 0 Å². The second-order valence-electron chi connectivity index (χ2n) is 7.72. The maximum atomic E-state index is 12.9. The minimum Gasteiger partial charge on any atom is -0.337 e. The maximum absolute atomic E-state index is 12.9. The van der Waals surface area contributed by atoms with E-state index >= 15 is 0 Å². The normalized spacial score (nSPS) is 61.9. The molecule has 6 aliphatic rings. The Hall–Kier alpha value is -0.530. The fraction of sp³-hybridized carbons (Fsp3) is 0.933. The van der Waals surface area contributed by atoms with E-state index < -0.39 is 0 Å². The Balaban J connectivity index is 1.48. The van der Waals surface area contributed by atoms with Crippen molar-refractivity contribution in [3.63, 3.8) is 0 Å². The molecule has 2 heteroatoms. The fourth-order valence-corrected chi connectivity index (χ4v) is 7.15. The molecule has 0 aliphatic heterocycles. The summed E-state index contributed by atoms with van der Waals surface area (Å²) in [6, 6.07) is 0.728. The highest BCUT2D eigenvalue weighted by atomic mass is 16.2. The van der Waals surface area contributed by atoms with Gasteiger partial charge in [-0.25, -0.2) is 0 Å². The molecule has 0 bridgehead atoms. The molecular weight excluding hydrogens is 210 g/mol. The van der Waals surface area contributed by atoms with E-state index in [-0.39, 0.29) is 5.41 Å². The first-order valence-electron chi connectivity index (χ1n) is 7.37. The third-order valence-electron chi connectivity index (χ3n) is 7.19. The molecule has 6 aliphatic carbocycles. The van der Waals surface area contributed by atoms with Crippen LogP contribution < -0.4 is 0 Å². The van der Waals surface area contributed by atoms with Gasteiger partial charge in [0.25, 0.3) is 0 Å². The summed E-state index contributed by atoms with van der Waals surface area (Å²) in [5.74, 6) is 7.22. The average molecular weight is 231 g/mol. The highest BCUT2D eigenvalue weighted by molar-refractivity contribution is 5.92. The Labute approximate surface area is 103 Å². The van der Waals surface area contributed by atoms with Gasteiger partial charge in [-0.3, -0.25) is 4.79 Å². The Morgan fingerprint density at radius 2 is 1.29 bits per heavy atom. The lowest BCUT2D eigenvalue weighted by Crippen LogP contribution is -3.07. The molecule has 0 atom stereocenters. The van der Waals surface area contributed by atoms with Crippen LogP contribution >= 0.6 is 0 Å². The smallest absolute Gasteiger partial charge is 0.230 e. The van der Waals surface area contributed by atoms with E-state index in [0.717, 1.165) is 41.4 Å². The summed E-state index contributed by atoms with van der Waals surface area (Å²) in [6.45, 7) is 8.66. The minimum absolute atomic E-state index is 0.198. The van der Waals surface area contributed by atoms with Gasteiger partial charge >= 0.3 is 0 Å². The zero-order chi connectivity index (χ0) is 11.9. The van der Waals surface area contributed by atoms with Crippen LogP contribution in [0.2, 0.25) is 0 Å². The standard InChI is InChI=1S/C15H21NO/c1-5(2)16(6(3)4)14(17)15-11-8-7-9(11)13(15)10(7)12(8)15/h5-13H,1-4H3. The Bertz CT molecular complexity index is 393. The number of carbonyl (C=O) groups is 1. The lowest BCUT2D eigenvalue weighted by atomic mass is 8.96. The highest BCUT2D eigenvalue weighted by Crippen LogP contribution is 3.06. The first-order valence-corrected chi connectivity index (χ1v) is 7.37. The molecule has 0 saturated heterocycles. The summed E-state index contributed by atoms with van der Waals surface area (Å²) in [7, 11) is 0. The van der Waals surface area contributed by atoms with Gasteiger partial charge in [0.15, 0.2) is 0 Å². The fourth-order valence-electron chi connectivity index (χ4n) is 7.15. The lowest BCUT2D eigenvalue weighted by molar-refractivity contribution is -0.597. The number of nitrogens with zero attached hydrogens (tertiary/aromatic N) is 1. The predicted molar refractivity (Wildman–Crippen MR) is 64.0 cm³/mol. The van der Waals surface area contributed by atoms with Crippen molar-refractivity contribution in [2.75, 3.05) is 0 Å². The largest absolute Gasteiger partial charge is 0.337 e. The third-order valence-corrected chi connectivity index (χ3v) is 7.19. The van der Waals surface area contributed by atoms with Crippen LogP contribution in [0.25, 0.3) is 0 Å². The van der Waals surface area contributed by atoms with Crippen molar-refractivity contribution < 1.29 is 4.79 Å². The molecule has 6 fully saturated rings. The van der Waals surface area contributed by atoms with Crippen LogP contribution in [0.4, 0.5) is 0 Å². The first kappa shape index (κ1) is 9.41. The van der Waals surface area contributed by atoms with Crippen LogP contribution in [0, 0.1) is 46.8 Å². The number of rotatable bonds is 3. The van der Waals surface area contributed by atoms with Crippen molar-refractivity contribution in [2.45, 2.75) is 39.8 Å². The zero-order valence-corrected chi connectivity index (χ0v) is 11.1. The van der Waals surface area contributed by atoms with Crippen molar-refractivity contribution >= 4 is 5.91 Å². The van der Waals surface area contributed by atoms with Crippen molar-refractivity contribution in [1.29, 1.82) is 0 Å². The van der Waals surface area contributed by atoms with Gasteiger partial charge in [-0.15, -0.1) is 0 Å². The molecule has 2 nitrogen and oxygen atoms in total. The highest BCUT2D eigenvalue weighted by Gasteiger charge is 3.06. The van der Waals surface area contributed by atoms with E-state index in [2.05, 4.69) is 32.6 Å². The maximum Gasteiger partial charge on any atom is 0.230 e. The second-order valence-corrected chi connectivity index (χ2v) is 7.72. The van der Waals surface area contributed by atoms with Crippen LogP contribution in [0.3, 0.4) is 0 Å². The van der Waals surface area contributed by atoms with Gasteiger partial charge in [-0.1, -0.05) is 0 Å². The molecule has 0 heterocycles. The van der Waals surface area contributed by atoms with E-state index in [1.807, 2.05) is 0 Å². The molecule has 0 aromatic rings. The molecule has 17 heavy (non-hydrogen) atoms. The van der Waals surface area contributed by atoms with Crippen molar-refractivity contribution in [1.82, 2.24) is 4.90 Å². The summed E-state index contributed by atoms with van der Waals surface area (Å²) in [4.78, 5) is 15.1. The Kier molecular flexibility index (Phi) is 1.21. The molecule has 6 rings (SSSR count). The van der Waals surface area contributed by atoms with Crippen molar-refractivity contribution in [3.05, 3.63) is 0 Å². The monoisotopic (exact) mass is 231 g/mol. The number of hydrogen-bond donors (Lipinski definition) is 0. The van der Waals surface area contributed by atoms with E-state index in [0.29, 0.717) is 18.0 Å². The first-order chi connectivity index (χ1) is 8.04. The summed E-state index contributed by atoms with van der Waals surface area (Å²) < 4.78 is 0. The predicted octanol–water partition coefficient (Wildman–Crippen LogP) is 2.00. The van der Waals surface area contributed by atoms with E-state index in [9.17, 15) is 4.79 Å². The van der Waals surface area contributed by atoms with Crippen LogP contribution in [0.1, 0.15) is 27.7 Å². The third kappa shape index (κ3) is 0.550. The molecule has 0 N–H and O–H groups in total. The molecule has 6 saturated carbocycles. The Morgan fingerprint density at radius 1 is 0.882 bits per heavy atom. The average Bonchev–Trinajstić information content (AvgIpc) is 2.28. The van der Waals surface area contributed by atoms with Crippen molar-refractivity contribution in [3.8, 4) is 0 Å². The zero-order valence-electron chi connectivity index (χ0n) is 11.1. The van der Waals surface area contributed by atoms with Crippen LogP contribution in [-0.2, 0) is 4.79 Å². The summed E-state index contributed by atoms with van der Waals surface area (Å²) in [6.07, 6.45) is 0. The molecular formula is C15H21NO. The van der Waals surface area contributed by atoms with E-state index in [4.69, 9.17) is 0 Å². The van der Waals surface area contributed by atoms with Crippen LogP contribution in [0.5, 0.6) is 0 Å². The van der Waals surface area contributed by atoms with Crippen LogP contribution in [0.15, 0.2) is 0 Å². The topological polar surface area (TPSA) is 20.3 Å². The number of amides is 1. The summed E-state index contributed by atoms with van der Waals surface area (Å²) >= 11 is 0. The van der Waals surface area contributed by atoms with Crippen molar-refractivity contribution in [2.24, 2.45) is 46.8 Å². The van der Waals surface area contributed by atoms with Gasteiger partial charge in [-0.2, -0.15) is 0 Å². The SMILES string of the molecule is CC(C)N(C(=O)C12C3C4C5C3C1C5C42)C(C)C. The lowest BCUT2D eigenvalue weighted by Gasteiger charge is -3.06. The molecule has 0 spiro atoms.